The Bertz CT molecular complexity index is 638. The summed E-state index contributed by atoms with van der Waals surface area (Å²) in [6.45, 7) is 5.15. The van der Waals surface area contributed by atoms with Crippen molar-refractivity contribution in [1.29, 1.82) is 0 Å². The van der Waals surface area contributed by atoms with E-state index >= 15 is 0 Å². The number of H-pyrrole nitrogens is 1. The zero-order valence-corrected chi connectivity index (χ0v) is 14.3. The van der Waals surface area contributed by atoms with Gasteiger partial charge in [-0.3, -0.25) is 5.10 Å². The summed E-state index contributed by atoms with van der Waals surface area (Å²) in [6, 6.07) is 0. The van der Waals surface area contributed by atoms with Gasteiger partial charge in [-0.25, -0.2) is 8.42 Å². The first-order valence-electron chi connectivity index (χ1n) is 7.86. The van der Waals surface area contributed by atoms with Crippen LogP contribution in [0.25, 0.3) is 0 Å². The molecule has 1 aliphatic carbocycles. The predicted molar refractivity (Wildman–Crippen MR) is 83.8 cm³/mol. The molecule has 2 atom stereocenters. The third kappa shape index (κ3) is 2.81. The molecule has 1 fully saturated rings. The molecule has 0 aromatic carbocycles. The average Bonchev–Trinajstić information content (AvgIpc) is 3.04. The van der Waals surface area contributed by atoms with Gasteiger partial charge in [0.25, 0.3) is 0 Å². The summed E-state index contributed by atoms with van der Waals surface area (Å²) in [7, 11) is -1.76. The lowest BCUT2D eigenvalue weighted by molar-refractivity contribution is 0.109. The highest BCUT2D eigenvalue weighted by Crippen LogP contribution is 2.35. The number of hydrogen-bond acceptors (Lipinski definition) is 4. The molecule has 0 saturated heterocycles. The van der Waals surface area contributed by atoms with Gasteiger partial charge in [0.1, 0.15) is 5.25 Å². The number of methoxy groups -OCH3 is 1. The van der Waals surface area contributed by atoms with Gasteiger partial charge in [0.2, 0.25) is 10.0 Å². The second-order valence-corrected chi connectivity index (χ2v) is 9.42. The fraction of sp³-hybridized carbons (Fsp3) is 0.800. The second kappa shape index (κ2) is 5.62. The van der Waals surface area contributed by atoms with Crippen LogP contribution < -0.4 is 0 Å². The van der Waals surface area contributed by atoms with Crippen LogP contribution in [0.2, 0.25) is 0 Å². The van der Waals surface area contributed by atoms with Crippen molar-refractivity contribution in [3.05, 3.63) is 17.5 Å². The minimum atomic E-state index is -3.37. The highest BCUT2D eigenvalue weighted by molar-refractivity contribution is 7.89. The molecule has 22 heavy (non-hydrogen) atoms. The number of aromatic nitrogens is 2. The third-order valence-corrected chi connectivity index (χ3v) is 7.13. The molecule has 2 aliphatic rings. The molecule has 1 aromatic rings. The van der Waals surface area contributed by atoms with E-state index in [1.54, 1.807) is 17.6 Å². The van der Waals surface area contributed by atoms with Gasteiger partial charge in [0.05, 0.1) is 12.3 Å². The predicted octanol–water partition coefficient (Wildman–Crippen LogP) is 1.69. The lowest BCUT2D eigenvalue weighted by Crippen LogP contribution is -2.45. The summed E-state index contributed by atoms with van der Waals surface area (Å²) in [5.41, 5.74) is 1.92. The van der Waals surface area contributed by atoms with E-state index in [4.69, 9.17) is 4.74 Å². The first kappa shape index (κ1) is 16.0. The molecular formula is C15H25N3O3S. The second-order valence-electron chi connectivity index (χ2n) is 7.27. The molecule has 3 rings (SSSR count). The number of hydrogen-bond donors (Lipinski definition) is 1. The van der Waals surface area contributed by atoms with Crippen molar-refractivity contribution in [2.24, 2.45) is 5.41 Å². The Morgan fingerprint density at radius 3 is 2.91 bits per heavy atom. The first-order valence-corrected chi connectivity index (χ1v) is 9.37. The van der Waals surface area contributed by atoms with E-state index in [0.717, 1.165) is 30.5 Å². The van der Waals surface area contributed by atoms with E-state index in [1.165, 1.54) is 0 Å². The normalized spacial score (nSPS) is 29.2. The number of fused-ring (bicyclic) bond motifs is 1. The maximum Gasteiger partial charge on any atom is 0.219 e. The molecular weight excluding hydrogens is 302 g/mol. The van der Waals surface area contributed by atoms with Crippen LogP contribution in [0.1, 0.15) is 44.4 Å². The molecule has 1 saturated carbocycles. The standard InChI is InChI=1S/C15H25N3O3S/c1-15(2)7-12-11(8-16-17-12)9-18(10-15)22(19,20)14-6-4-5-13(14)21-3/h8,13-14H,4-7,9-10H2,1-3H3,(H,16,17)/t13-,14-/m1/s1. The summed E-state index contributed by atoms with van der Waals surface area (Å²) < 4.78 is 33.4. The summed E-state index contributed by atoms with van der Waals surface area (Å²) in [6.07, 6.45) is 4.82. The number of rotatable bonds is 3. The number of aromatic amines is 1. The van der Waals surface area contributed by atoms with Crippen molar-refractivity contribution in [1.82, 2.24) is 14.5 Å². The zero-order chi connectivity index (χ0) is 16.0. The SMILES string of the molecule is CO[C@@H]1CCC[C@H]1S(=O)(=O)N1Cc2cn[nH]c2CC(C)(C)C1. The van der Waals surface area contributed by atoms with E-state index in [-0.39, 0.29) is 11.5 Å². The number of ether oxygens (including phenoxy) is 1. The van der Waals surface area contributed by atoms with Crippen molar-refractivity contribution in [2.75, 3.05) is 13.7 Å². The summed E-state index contributed by atoms with van der Waals surface area (Å²) in [5, 5.41) is 6.69. The Hall–Kier alpha value is -0.920. The van der Waals surface area contributed by atoms with E-state index in [2.05, 4.69) is 24.0 Å². The maximum absolute atomic E-state index is 13.1. The van der Waals surface area contributed by atoms with Crippen molar-refractivity contribution in [3.63, 3.8) is 0 Å². The number of nitrogens with zero attached hydrogens (tertiary/aromatic N) is 2. The van der Waals surface area contributed by atoms with Crippen molar-refractivity contribution >= 4 is 10.0 Å². The van der Waals surface area contributed by atoms with Gasteiger partial charge in [-0.1, -0.05) is 13.8 Å². The molecule has 0 radical (unpaired) electrons. The molecule has 1 aliphatic heterocycles. The van der Waals surface area contributed by atoms with Gasteiger partial charge in [-0.05, 0) is 31.1 Å². The molecule has 1 N–H and O–H groups in total. The quantitative estimate of drug-likeness (QED) is 0.917. The fourth-order valence-corrected chi connectivity index (χ4v) is 6.09. The Morgan fingerprint density at radius 2 is 2.18 bits per heavy atom. The zero-order valence-electron chi connectivity index (χ0n) is 13.5. The topological polar surface area (TPSA) is 75.3 Å². The van der Waals surface area contributed by atoms with Gasteiger partial charge in [-0.15, -0.1) is 0 Å². The van der Waals surface area contributed by atoms with Crippen LogP contribution in [0.4, 0.5) is 0 Å². The average molecular weight is 327 g/mol. The van der Waals surface area contributed by atoms with Crippen molar-refractivity contribution in [2.45, 2.75) is 57.4 Å². The van der Waals surface area contributed by atoms with E-state index in [1.807, 2.05) is 0 Å². The van der Waals surface area contributed by atoms with E-state index in [9.17, 15) is 8.42 Å². The van der Waals surface area contributed by atoms with Gasteiger partial charge in [0, 0.05) is 31.5 Å². The van der Waals surface area contributed by atoms with Crippen LogP contribution in [-0.4, -0.2) is 47.9 Å². The lowest BCUT2D eigenvalue weighted by Gasteiger charge is -2.32. The molecule has 0 unspecified atom stereocenters. The monoisotopic (exact) mass is 327 g/mol. The molecule has 124 valence electrons. The summed E-state index contributed by atoms with van der Waals surface area (Å²) >= 11 is 0. The summed E-state index contributed by atoms with van der Waals surface area (Å²) in [4.78, 5) is 0. The third-order valence-electron chi connectivity index (χ3n) is 4.85. The van der Waals surface area contributed by atoms with Gasteiger partial charge in [-0.2, -0.15) is 9.40 Å². The van der Waals surface area contributed by atoms with Crippen LogP contribution in [0.5, 0.6) is 0 Å². The van der Waals surface area contributed by atoms with Crippen LogP contribution in [-0.2, 0) is 27.7 Å². The van der Waals surface area contributed by atoms with Gasteiger partial charge >= 0.3 is 0 Å². The summed E-state index contributed by atoms with van der Waals surface area (Å²) in [5.74, 6) is 0. The van der Waals surface area contributed by atoms with Gasteiger partial charge in [0.15, 0.2) is 0 Å². The minimum absolute atomic E-state index is 0.119. The smallest absolute Gasteiger partial charge is 0.219 e. The number of nitrogens with one attached hydrogen (secondary N) is 1. The largest absolute Gasteiger partial charge is 0.380 e. The molecule has 2 heterocycles. The van der Waals surface area contributed by atoms with Crippen molar-refractivity contribution < 1.29 is 13.2 Å². The molecule has 0 bridgehead atoms. The maximum atomic E-state index is 13.1. The number of sulfonamides is 1. The molecule has 1 aromatic heterocycles. The van der Waals surface area contributed by atoms with Crippen LogP contribution in [0.3, 0.4) is 0 Å². The molecule has 6 nitrogen and oxygen atoms in total. The Morgan fingerprint density at radius 1 is 1.41 bits per heavy atom. The van der Waals surface area contributed by atoms with Crippen LogP contribution in [0.15, 0.2) is 6.20 Å². The molecule has 7 heteroatoms. The van der Waals surface area contributed by atoms with Crippen molar-refractivity contribution in [3.8, 4) is 0 Å². The fourth-order valence-electron chi connectivity index (χ4n) is 3.76. The highest BCUT2D eigenvalue weighted by Gasteiger charge is 2.43. The minimum Gasteiger partial charge on any atom is -0.380 e. The highest BCUT2D eigenvalue weighted by atomic mass is 32.2. The van der Waals surface area contributed by atoms with Gasteiger partial charge < -0.3 is 4.74 Å². The Labute approximate surface area is 132 Å². The first-order chi connectivity index (χ1) is 10.3. The lowest BCUT2D eigenvalue weighted by atomic mass is 9.88. The van der Waals surface area contributed by atoms with E-state index in [0.29, 0.717) is 19.5 Å². The Balaban J connectivity index is 1.93. The van der Waals surface area contributed by atoms with E-state index < -0.39 is 15.3 Å². The molecule has 0 amide bonds. The van der Waals surface area contributed by atoms with Crippen LogP contribution in [0, 0.1) is 5.41 Å². The Kier molecular flexibility index (Phi) is 4.07. The molecule has 0 spiro atoms. The van der Waals surface area contributed by atoms with Crippen LogP contribution >= 0.6 is 0 Å².